The second-order valence-corrected chi connectivity index (χ2v) is 5.53. The van der Waals surface area contributed by atoms with Gasteiger partial charge in [-0.15, -0.1) is 0 Å². The van der Waals surface area contributed by atoms with Gasteiger partial charge in [0.1, 0.15) is 5.82 Å². The molecule has 118 valence electrons. The maximum atomic E-state index is 13.6. The van der Waals surface area contributed by atoms with Crippen LogP contribution in [0.15, 0.2) is 67.0 Å². The van der Waals surface area contributed by atoms with Gasteiger partial charge in [-0.3, -0.25) is 0 Å². The van der Waals surface area contributed by atoms with E-state index in [1.165, 1.54) is 11.6 Å². The highest BCUT2D eigenvalue weighted by Gasteiger charge is 2.11. The molecule has 1 N–H and O–H groups in total. The van der Waals surface area contributed by atoms with E-state index in [0.29, 0.717) is 6.42 Å². The molecule has 0 aliphatic heterocycles. The van der Waals surface area contributed by atoms with Crippen LogP contribution in [0.3, 0.4) is 0 Å². The first-order valence-corrected chi connectivity index (χ1v) is 7.81. The van der Waals surface area contributed by atoms with Gasteiger partial charge in [0, 0.05) is 18.4 Å². The third kappa shape index (κ3) is 3.66. The number of aromatic nitrogens is 2. The van der Waals surface area contributed by atoms with Crippen molar-refractivity contribution < 1.29 is 4.39 Å². The van der Waals surface area contributed by atoms with Crippen LogP contribution >= 0.6 is 0 Å². The average Bonchev–Trinajstić information content (AvgIpc) is 3.11. The van der Waals surface area contributed by atoms with Gasteiger partial charge in [-0.25, -0.2) is 9.07 Å². The van der Waals surface area contributed by atoms with Gasteiger partial charge in [-0.05, 0) is 49.2 Å². The molecule has 0 amide bonds. The molecule has 0 radical (unpaired) electrons. The van der Waals surface area contributed by atoms with Gasteiger partial charge in [0.2, 0.25) is 0 Å². The number of hydrogen-bond donors (Lipinski definition) is 1. The fourth-order valence-corrected chi connectivity index (χ4v) is 2.71. The Balaban J connectivity index is 1.67. The molecule has 3 rings (SSSR count). The summed E-state index contributed by atoms with van der Waals surface area (Å²) in [5.74, 6) is -0.140. The highest BCUT2D eigenvalue weighted by Crippen LogP contribution is 2.21. The summed E-state index contributed by atoms with van der Waals surface area (Å²) in [4.78, 5) is 0. The Morgan fingerprint density at radius 2 is 1.87 bits per heavy atom. The van der Waals surface area contributed by atoms with Crippen molar-refractivity contribution in [3.8, 4) is 5.69 Å². The van der Waals surface area contributed by atoms with Crippen LogP contribution in [0, 0.1) is 5.82 Å². The fourth-order valence-electron chi connectivity index (χ4n) is 2.71. The molecule has 1 heterocycles. The van der Waals surface area contributed by atoms with Crippen molar-refractivity contribution in [1.29, 1.82) is 0 Å². The van der Waals surface area contributed by atoms with Crippen LogP contribution in [0.4, 0.5) is 4.39 Å². The van der Waals surface area contributed by atoms with Crippen molar-refractivity contribution in [2.24, 2.45) is 0 Å². The van der Waals surface area contributed by atoms with Crippen molar-refractivity contribution in [3.63, 3.8) is 0 Å². The molecule has 2 aromatic carbocycles. The van der Waals surface area contributed by atoms with Gasteiger partial charge < -0.3 is 5.32 Å². The van der Waals surface area contributed by atoms with Crippen LogP contribution < -0.4 is 5.32 Å². The standard InChI is InChI=1S/C19H20FN3/c1-15(21-13-11-16-7-2-4-9-18(16)20)17-8-3-5-10-19(17)23-14-6-12-22-23/h2-10,12,14-15,21H,11,13H2,1H3/t15-/m0/s1. The highest BCUT2D eigenvalue weighted by molar-refractivity contribution is 5.42. The van der Waals surface area contributed by atoms with E-state index in [2.05, 4.69) is 29.5 Å². The molecule has 0 bridgehead atoms. The molecular formula is C19H20FN3. The van der Waals surface area contributed by atoms with Crippen LogP contribution in [0.1, 0.15) is 24.1 Å². The third-order valence-electron chi connectivity index (χ3n) is 3.96. The molecule has 3 aromatic rings. The smallest absolute Gasteiger partial charge is 0.126 e. The average molecular weight is 309 g/mol. The lowest BCUT2D eigenvalue weighted by Crippen LogP contribution is -2.23. The second kappa shape index (κ2) is 7.20. The summed E-state index contributed by atoms with van der Waals surface area (Å²) in [5.41, 5.74) is 2.97. The maximum Gasteiger partial charge on any atom is 0.126 e. The number of nitrogens with zero attached hydrogens (tertiary/aromatic N) is 2. The summed E-state index contributed by atoms with van der Waals surface area (Å²) in [5, 5.41) is 7.78. The lowest BCUT2D eigenvalue weighted by Gasteiger charge is -2.18. The Morgan fingerprint density at radius 3 is 2.65 bits per heavy atom. The Hall–Kier alpha value is -2.46. The zero-order valence-corrected chi connectivity index (χ0v) is 13.1. The van der Waals surface area contributed by atoms with Gasteiger partial charge in [0.15, 0.2) is 0 Å². The largest absolute Gasteiger partial charge is 0.310 e. The summed E-state index contributed by atoms with van der Waals surface area (Å²) in [6.07, 6.45) is 4.37. The van der Waals surface area contributed by atoms with Gasteiger partial charge in [0.05, 0.1) is 5.69 Å². The zero-order valence-electron chi connectivity index (χ0n) is 13.1. The molecule has 0 aliphatic carbocycles. The van der Waals surface area contributed by atoms with Gasteiger partial charge >= 0.3 is 0 Å². The topological polar surface area (TPSA) is 29.9 Å². The number of para-hydroxylation sites is 1. The van der Waals surface area contributed by atoms with Crippen LogP contribution in [0.5, 0.6) is 0 Å². The van der Waals surface area contributed by atoms with Crippen LogP contribution in [0.2, 0.25) is 0 Å². The lowest BCUT2D eigenvalue weighted by atomic mass is 10.1. The monoisotopic (exact) mass is 309 g/mol. The van der Waals surface area contributed by atoms with E-state index >= 15 is 0 Å². The molecule has 23 heavy (non-hydrogen) atoms. The van der Waals surface area contributed by atoms with Crippen molar-refractivity contribution >= 4 is 0 Å². The van der Waals surface area contributed by atoms with Crippen molar-refractivity contribution in [1.82, 2.24) is 15.1 Å². The van der Waals surface area contributed by atoms with Gasteiger partial charge in [-0.2, -0.15) is 5.10 Å². The Bertz CT molecular complexity index is 753. The molecule has 0 spiro atoms. The van der Waals surface area contributed by atoms with E-state index in [1.54, 1.807) is 12.3 Å². The Morgan fingerprint density at radius 1 is 1.09 bits per heavy atom. The quantitative estimate of drug-likeness (QED) is 0.748. The number of nitrogens with one attached hydrogen (secondary N) is 1. The fraction of sp³-hybridized carbons (Fsp3) is 0.211. The predicted octanol–water partition coefficient (Wildman–Crippen LogP) is 3.90. The molecule has 1 aromatic heterocycles. The Kier molecular flexibility index (Phi) is 4.83. The number of halogens is 1. The summed E-state index contributed by atoms with van der Waals surface area (Å²) in [6, 6.07) is 17.2. The summed E-state index contributed by atoms with van der Waals surface area (Å²) in [7, 11) is 0. The van der Waals surface area contributed by atoms with Crippen molar-refractivity contribution in [3.05, 3.63) is 83.9 Å². The van der Waals surface area contributed by atoms with E-state index in [9.17, 15) is 4.39 Å². The van der Waals surface area contributed by atoms with Crippen LogP contribution in [-0.2, 0) is 6.42 Å². The molecule has 0 saturated heterocycles. The summed E-state index contributed by atoms with van der Waals surface area (Å²) >= 11 is 0. The highest BCUT2D eigenvalue weighted by atomic mass is 19.1. The van der Waals surface area contributed by atoms with E-state index in [4.69, 9.17) is 0 Å². The molecule has 1 atom stereocenters. The summed E-state index contributed by atoms with van der Waals surface area (Å²) < 4.78 is 15.5. The zero-order chi connectivity index (χ0) is 16.1. The Labute approximate surface area is 135 Å². The molecule has 0 unspecified atom stereocenters. The molecule has 4 heteroatoms. The predicted molar refractivity (Wildman–Crippen MR) is 90.1 cm³/mol. The molecule has 0 fully saturated rings. The lowest BCUT2D eigenvalue weighted by molar-refractivity contribution is 0.557. The molecule has 0 aliphatic rings. The molecule has 0 saturated carbocycles. The first-order valence-electron chi connectivity index (χ1n) is 7.81. The SMILES string of the molecule is C[C@H](NCCc1ccccc1F)c1ccccc1-n1cccn1. The van der Waals surface area contributed by atoms with E-state index in [-0.39, 0.29) is 11.9 Å². The van der Waals surface area contributed by atoms with E-state index in [0.717, 1.165) is 17.8 Å². The summed E-state index contributed by atoms with van der Waals surface area (Å²) in [6.45, 7) is 2.83. The minimum atomic E-state index is -0.140. The first kappa shape index (κ1) is 15.4. The minimum Gasteiger partial charge on any atom is -0.310 e. The molecule has 3 nitrogen and oxygen atoms in total. The second-order valence-electron chi connectivity index (χ2n) is 5.53. The van der Waals surface area contributed by atoms with Crippen LogP contribution in [0.25, 0.3) is 5.69 Å². The maximum absolute atomic E-state index is 13.6. The number of hydrogen-bond acceptors (Lipinski definition) is 2. The van der Waals surface area contributed by atoms with Crippen LogP contribution in [-0.4, -0.2) is 16.3 Å². The first-order chi connectivity index (χ1) is 11.3. The normalized spacial score (nSPS) is 12.3. The third-order valence-corrected chi connectivity index (χ3v) is 3.96. The van der Waals surface area contributed by atoms with Crippen molar-refractivity contribution in [2.75, 3.05) is 6.54 Å². The van der Waals surface area contributed by atoms with E-state index in [1.807, 2.05) is 41.2 Å². The number of rotatable bonds is 6. The van der Waals surface area contributed by atoms with Gasteiger partial charge in [0.25, 0.3) is 0 Å². The van der Waals surface area contributed by atoms with Gasteiger partial charge in [-0.1, -0.05) is 36.4 Å². The van der Waals surface area contributed by atoms with E-state index < -0.39 is 0 Å². The minimum absolute atomic E-state index is 0.140. The van der Waals surface area contributed by atoms with Crippen molar-refractivity contribution in [2.45, 2.75) is 19.4 Å². The number of benzene rings is 2. The molecular weight excluding hydrogens is 289 g/mol.